The number of aromatic amines is 1. The Morgan fingerprint density at radius 1 is 0.512 bits per heavy atom. The molecule has 129 heavy (non-hydrogen) atoms. The highest BCUT2D eigenvalue weighted by Crippen LogP contribution is 2.27. The molecule has 32 nitrogen and oxygen atoms in total. The van der Waals surface area contributed by atoms with Crippen LogP contribution in [0.15, 0.2) is 164 Å². The van der Waals surface area contributed by atoms with E-state index in [2.05, 4.69) is 42.2 Å². The van der Waals surface area contributed by atoms with Crippen molar-refractivity contribution in [3.63, 3.8) is 0 Å². The molecule has 6 aromatic carbocycles. The van der Waals surface area contributed by atoms with E-state index in [-0.39, 0.29) is 81.0 Å². The number of aryl methyl sites for hydroxylation is 1. The van der Waals surface area contributed by atoms with Gasteiger partial charge in [0.05, 0.1) is 30.8 Å². The van der Waals surface area contributed by atoms with Crippen molar-refractivity contribution in [2.75, 3.05) is 59.4 Å². The van der Waals surface area contributed by atoms with Crippen molar-refractivity contribution in [1.82, 2.24) is 61.8 Å². The number of unbranched alkanes of at least 4 members (excludes halogenated alkanes) is 1. The molecule has 1 aliphatic rings. The zero-order valence-corrected chi connectivity index (χ0v) is 75.5. The Labute approximate surface area is 755 Å². The highest BCUT2D eigenvalue weighted by atomic mass is 32.2. The van der Waals surface area contributed by atoms with Gasteiger partial charge in [-0.1, -0.05) is 175 Å². The molecule has 0 radical (unpaired) electrons. The van der Waals surface area contributed by atoms with Gasteiger partial charge < -0.3 is 82.5 Å². The maximum Gasteiger partial charge on any atom is 0.293 e. The number of para-hydroxylation sites is 1. The SMILES string of the molecule is CCCC[C@H]1C(=O)N(C)CC(=O)C[C@@H](COC=O)C(=O)C[C@@H](C(C)C)C(=O)N[C@@H](Cc2ccccc2C)C(=O)N[C@@H](Cc2ccc(O)cc2)C(=O)N(C)CC(=O)N[C@@H](Cc2c[nH]c3ccccc23)C(=O)N[C@@H](Cc2ccc(O)cc2)C(=O)N[C@@H](CC(C)C)C(=O)N[C@H](C(=O)CCC(N)=O)CSCC(=O)N[C@@H](Cc2ccccc2)C(=O)N(C)[C@@H](Cc2ccccc2)C(=O)N1C. The van der Waals surface area contributed by atoms with Crippen LogP contribution in [0.1, 0.15) is 125 Å². The number of nitrogens with one attached hydrogen (secondary N) is 8. The summed E-state index contributed by atoms with van der Waals surface area (Å²) in [7, 11) is 5.44. The van der Waals surface area contributed by atoms with E-state index in [0.29, 0.717) is 62.7 Å². The quantitative estimate of drug-likeness (QED) is 0.0319. The van der Waals surface area contributed by atoms with Crippen molar-refractivity contribution in [2.45, 2.75) is 186 Å². The molecule has 1 aromatic heterocycles. The third-order valence-corrected chi connectivity index (χ3v) is 23.9. The number of Topliss-reactive ketones (excluding diaryl/α,β-unsaturated/α-hetero) is 3. The van der Waals surface area contributed by atoms with Crippen LogP contribution in [0.4, 0.5) is 0 Å². The predicted molar refractivity (Wildman–Crippen MR) is 486 cm³/mol. The molecule has 0 bridgehead atoms. The van der Waals surface area contributed by atoms with E-state index in [1.165, 1.54) is 86.5 Å². The molecule has 690 valence electrons. The maximum atomic E-state index is 15.6. The van der Waals surface area contributed by atoms with E-state index in [1.54, 1.807) is 150 Å². The number of aromatic nitrogens is 1. The largest absolute Gasteiger partial charge is 0.508 e. The van der Waals surface area contributed by atoms with Gasteiger partial charge in [0.15, 0.2) is 11.6 Å². The fraction of sp³-hybridized carbons (Fsp3) is 0.438. The number of carbonyl (C=O) groups is 16. The number of H-pyrrole nitrogens is 1. The number of phenols is 2. The lowest BCUT2D eigenvalue weighted by Crippen LogP contribution is -2.59. The zero-order valence-electron chi connectivity index (χ0n) is 74.7. The lowest BCUT2D eigenvalue weighted by molar-refractivity contribution is -0.151. The molecule has 33 heteroatoms. The number of carbonyl (C=O) groups excluding carboxylic acids is 16. The summed E-state index contributed by atoms with van der Waals surface area (Å²) in [5.41, 5.74) is 10.1. The first-order chi connectivity index (χ1) is 61.5. The van der Waals surface area contributed by atoms with Crippen LogP contribution >= 0.6 is 11.8 Å². The maximum absolute atomic E-state index is 15.6. The number of primary amides is 1. The molecule has 12 N–H and O–H groups in total. The Balaban J connectivity index is 1.21. The van der Waals surface area contributed by atoms with Crippen molar-refractivity contribution in [1.29, 1.82) is 0 Å². The second-order valence-electron chi connectivity index (χ2n) is 33.8. The van der Waals surface area contributed by atoms with Crippen molar-refractivity contribution in [3.8, 4) is 11.5 Å². The molecule has 1 aliphatic heterocycles. The Hall–Kier alpha value is -13.1. The number of ether oxygens (including phenoxy) is 1. The van der Waals surface area contributed by atoms with E-state index in [9.17, 15) is 48.6 Å². The summed E-state index contributed by atoms with van der Waals surface area (Å²) in [4.78, 5) is 242. The third kappa shape index (κ3) is 31.1. The summed E-state index contributed by atoms with van der Waals surface area (Å²) in [6, 6.07) is 30.1. The van der Waals surface area contributed by atoms with Crippen molar-refractivity contribution in [2.24, 2.45) is 29.4 Å². The summed E-state index contributed by atoms with van der Waals surface area (Å²) in [6.45, 7) is 8.62. The van der Waals surface area contributed by atoms with Gasteiger partial charge in [0.2, 0.25) is 70.9 Å². The molecule has 8 rings (SSSR count). The average Bonchev–Trinajstić information content (AvgIpc) is 1.46. The standard InChI is InChI=1S/C96H121N13O19S/c1-11-12-31-81-95(126)106(7)52-70(113)47-67(54-128-57-110)84(115)50-72(59(4)5)88(119)101-77(48-65-28-20-19-23-60(65)6)92(123)104-78(45-64-34-38-69(112)39-35-64)93(124)107(8)53-86(117)99-76(49-66-51-98-73-30-22-21-29-71(66)73)91(122)103-75(43-63-32-36-68(111)37-33-63)90(121)102-74(42-58(2)3)89(120)105-80(83(114)40-41-85(97)116)55-129-56-87(118)100-79(44-61-24-15-13-16-25-61)94(125)109(10)82(96(127)108(81)9)46-62-26-17-14-18-27-62/h13-30,32-39,51,57-59,67,72,74-82,98,111-112H,11-12,31,40-50,52-56H2,1-10H3,(H2,97,116)(H,99,117)(H,100,118)(H,101,119)(H,102,121)(H,103,122)(H,104,123)(H,105,120)/t67-,72-,74-,75-,76-,77-,78-,79-,80-,81-,82-/m0/s1. The van der Waals surface area contributed by atoms with Crippen LogP contribution in [0, 0.1) is 30.6 Å². The van der Waals surface area contributed by atoms with Crippen LogP contribution in [0.5, 0.6) is 11.5 Å². The fourth-order valence-corrected chi connectivity index (χ4v) is 16.4. The van der Waals surface area contributed by atoms with Crippen LogP contribution in [0.3, 0.4) is 0 Å². The molecule has 0 aliphatic carbocycles. The van der Waals surface area contributed by atoms with Crippen LogP contribution in [-0.2, 0) is 120 Å². The number of amides is 12. The third-order valence-electron chi connectivity index (χ3n) is 22.9. The lowest BCUT2D eigenvalue weighted by Gasteiger charge is -2.37. The van der Waals surface area contributed by atoms with Gasteiger partial charge in [0, 0.05) is 121 Å². The Morgan fingerprint density at radius 2 is 1.01 bits per heavy atom. The molecule has 1 fully saturated rings. The summed E-state index contributed by atoms with van der Waals surface area (Å²) in [6.07, 6.45) is -0.551. The van der Waals surface area contributed by atoms with Gasteiger partial charge in [-0.25, -0.2) is 0 Å². The van der Waals surface area contributed by atoms with E-state index in [1.807, 2.05) is 6.92 Å². The van der Waals surface area contributed by atoms with Gasteiger partial charge in [-0.3, -0.25) is 76.7 Å². The number of phenolic OH excluding ortho intramolecular Hbond substituents is 2. The fourth-order valence-electron chi connectivity index (χ4n) is 15.5. The van der Waals surface area contributed by atoms with Gasteiger partial charge in [-0.2, -0.15) is 0 Å². The number of rotatable bonds is 25. The van der Waals surface area contributed by atoms with Gasteiger partial charge in [0.1, 0.15) is 72.2 Å². The molecule has 0 saturated carbocycles. The Kier molecular flexibility index (Phi) is 39.2. The average molecular weight is 1790 g/mol. The minimum Gasteiger partial charge on any atom is -0.508 e. The zero-order chi connectivity index (χ0) is 94.1. The number of thioether (sulfide) groups is 1. The number of benzene rings is 6. The van der Waals surface area contributed by atoms with Gasteiger partial charge in [-0.15, -0.1) is 11.8 Å². The minimum absolute atomic E-state index is 0.0637. The molecular weight excluding hydrogens is 1670 g/mol. The molecular formula is C96H121N13O19S. The predicted octanol–water partition coefficient (Wildman–Crippen LogP) is 5.41. The van der Waals surface area contributed by atoms with Gasteiger partial charge >= 0.3 is 0 Å². The van der Waals surface area contributed by atoms with E-state index in [4.69, 9.17) is 10.5 Å². The summed E-state index contributed by atoms with van der Waals surface area (Å²) >= 11 is 0.881. The molecule has 1 saturated heterocycles. The number of nitrogens with zero attached hydrogens (tertiary/aromatic N) is 4. The van der Waals surface area contributed by atoms with Crippen LogP contribution < -0.4 is 43.0 Å². The molecule has 0 spiro atoms. The molecule has 7 aromatic rings. The van der Waals surface area contributed by atoms with Crippen LogP contribution in [-0.4, -0.2) is 243 Å². The first-order valence-corrected chi connectivity index (χ1v) is 44.5. The second kappa shape index (κ2) is 49.9. The van der Waals surface area contributed by atoms with Gasteiger partial charge in [-0.05, 0) is 101 Å². The van der Waals surface area contributed by atoms with E-state index in [0.717, 1.165) is 21.6 Å². The highest BCUT2D eigenvalue weighted by molar-refractivity contribution is 8.00. The highest BCUT2D eigenvalue weighted by Gasteiger charge is 2.42. The first-order valence-electron chi connectivity index (χ1n) is 43.4. The second-order valence-corrected chi connectivity index (χ2v) is 34.8. The Bertz CT molecular complexity index is 5050. The summed E-state index contributed by atoms with van der Waals surface area (Å²) in [5.74, 6) is -16.4. The van der Waals surface area contributed by atoms with Crippen LogP contribution in [0.2, 0.25) is 0 Å². The van der Waals surface area contributed by atoms with Crippen molar-refractivity contribution >= 4 is 117 Å². The number of hydrogen-bond acceptors (Lipinski definition) is 20. The smallest absolute Gasteiger partial charge is 0.293 e. The van der Waals surface area contributed by atoms with Crippen molar-refractivity contribution in [3.05, 3.63) is 203 Å². The summed E-state index contributed by atoms with van der Waals surface area (Å²) in [5, 5.41) is 41.0. The first kappa shape index (κ1) is 101. The summed E-state index contributed by atoms with van der Waals surface area (Å²) < 4.78 is 5.14. The molecule has 12 amide bonds. The minimum atomic E-state index is -1.58. The van der Waals surface area contributed by atoms with Crippen molar-refractivity contribution < 1.29 is 91.7 Å². The Morgan fingerprint density at radius 3 is 1.60 bits per heavy atom. The van der Waals surface area contributed by atoms with Gasteiger partial charge in [0.25, 0.3) is 6.47 Å². The number of fused-ring (bicyclic) bond motifs is 1. The number of ketones is 3. The lowest BCUT2D eigenvalue weighted by atomic mass is 9.84. The monoisotopic (exact) mass is 1790 g/mol. The number of nitrogens with two attached hydrogens (primary N) is 1. The topological polar surface area (TPSA) is 462 Å². The van der Waals surface area contributed by atoms with E-state index < -0.39 is 211 Å². The van der Waals surface area contributed by atoms with E-state index >= 15 is 38.4 Å². The number of likely N-dealkylation sites (N-methyl/N-ethyl adjacent to an activating group) is 4. The molecule has 2 heterocycles. The number of aromatic hydroxyl groups is 2. The molecule has 0 unspecified atom stereocenters. The van der Waals surface area contributed by atoms with Crippen LogP contribution in [0.25, 0.3) is 10.9 Å². The molecule has 11 atom stereocenters. The number of hydrogen-bond donors (Lipinski definition) is 11. The normalized spacial score (nSPS) is 22.0.